The third-order valence-electron chi connectivity index (χ3n) is 6.92. The zero-order chi connectivity index (χ0) is 27.4. The zero-order valence-corrected chi connectivity index (χ0v) is 23.6. The molecule has 0 bridgehead atoms. The minimum atomic E-state index is -2.90. The molecule has 0 radical (unpaired) electrons. The first kappa shape index (κ1) is 27.5. The second-order valence-corrected chi connectivity index (χ2v) is 11.6. The molecule has 2 saturated heterocycles. The number of hydrogen-bond acceptors (Lipinski definition) is 5. The Balaban J connectivity index is 1.11. The maximum atomic E-state index is 13.1. The van der Waals surface area contributed by atoms with E-state index in [1.807, 2.05) is 12.1 Å². The van der Waals surface area contributed by atoms with Gasteiger partial charge < -0.3 is 19.9 Å². The van der Waals surface area contributed by atoms with Crippen molar-refractivity contribution in [3.8, 4) is 16.2 Å². The molecule has 2 aliphatic heterocycles. The van der Waals surface area contributed by atoms with Crippen LogP contribution in [0.4, 0.5) is 19.3 Å². The number of piperazine rings is 1. The number of halogens is 3. The second kappa shape index (κ2) is 12.4. The SMILES string of the molecule is O=C(NC1CCCN(c2ccc(OC(F)F)cc2)C1=O)N1CCN(Cc2ccc(-c3cccc(Br)c3)s2)CC1. The molecule has 39 heavy (non-hydrogen) atoms. The highest BCUT2D eigenvalue weighted by Gasteiger charge is 2.32. The molecule has 3 heterocycles. The Morgan fingerprint density at radius 2 is 1.82 bits per heavy atom. The molecule has 0 spiro atoms. The highest BCUT2D eigenvalue weighted by Crippen LogP contribution is 2.31. The lowest BCUT2D eigenvalue weighted by atomic mass is 10.0. The molecule has 2 fully saturated rings. The summed E-state index contributed by atoms with van der Waals surface area (Å²) in [6.07, 6.45) is 1.29. The number of anilines is 1. The summed E-state index contributed by atoms with van der Waals surface area (Å²) in [5.74, 6) is -0.166. The maximum Gasteiger partial charge on any atom is 0.387 e. The van der Waals surface area contributed by atoms with Gasteiger partial charge in [0.2, 0.25) is 5.91 Å². The van der Waals surface area contributed by atoms with Crippen molar-refractivity contribution in [3.63, 3.8) is 0 Å². The van der Waals surface area contributed by atoms with Gasteiger partial charge in [-0.1, -0.05) is 28.1 Å². The molecular weight excluding hydrogens is 590 g/mol. The average Bonchev–Trinajstić information content (AvgIpc) is 3.39. The van der Waals surface area contributed by atoms with Crippen molar-refractivity contribution < 1.29 is 23.1 Å². The first-order valence-electron chi connectivity index (χ1n) is 12.8. The molecule has 0 saturated carbocycles. The molecule has 7 nitrogen and oxygen atoms in total. The van der Waals surface area contributed by atoms with Gasteiger partial charge in [0.05, 0.1) is 0 Å². The van der Waals surface area contributed by atoms with Crippen molar-refractivity contribution in [2.75, 3.05) is 37.6 Å². The molecule has 0 aliphatic carbocycles. The summed E-state index contributed by atoms with van der Waals surface area (Å²) in [6, 6.07) is 17.7. The summed E-state index contributed by atoms with van der Waals surface area (Å²) < 4.78 is 30.3. The lowest BCUT2D eigenvalue weighted by Gasteiger charge is -2.37. The molecule has 1 unspecified atom stereocenters. The number of hydrogen-bond donors (Lipinski definition) is 1. The van der Waals surface area contributed by atoms with Gasteiger partial charge in [0.25, 0.3) is 0 Å². The van der Waals surface area contributed by atoms with E-state index in [0.717, 1.165) is 30.5 Å². The molecule has 1 N–H and O–H groups in total. The fourth-order valence-corrected chi connectivity index (χ4v) is 6.35. The number of amides is 3. The van der Waals surface area contributed by atoms with Gasteiger partial charge in [-0.3, -0.25) is 9.69 Å². The molecule has 11 heteroatoms. The second-order valence-electron chi connectivity index (χ2n) is 9.55. The predicted molar refractivity (Wildman–Crippen MR) is 151 cm³/mol. The van der Waals surface area contributed by atoms with E-state index in [-0.39, 0.29) is 17.7 Å². The molecule has 3 amide bonds. The van der Waals surface area contributed by atoms with Crippen LogP contribution in [0.1, 0.15) is 17.7 Å². The van der Waals surface area contributed by atoms with E-state index in [1.165, 1.54) is 27.5 Å². The minimum absolute atomic E-state index is 0.0335. The number of alkyl halides is 2. The van der Waals surface area contributed by atoms with Gasteiger partial charge in [0.1, 0.15) is 11.8 Å². The number of carbonyl (C=O) groups is 2. The van der Waals surface area contributed by atoms with Crippen LogP contribution in [0.15, 0.2) is 65.1 Å². The fourth-order valence-electron chi connectivity index (χ4n) is 4.90. The lowest BCUT2D eigenvalue weighted by Crippen LogP contribution is -2.57. The number of nitrogens with one attached hydrogen (secondary N) is 1. The van der Waals surface area contributed by atoms with E-state index in [2.05, 4.69) is 55.1 Å². The van der Waals surface area contributed by atoms with Crippen LogP contribution in [-0.4, -0.2) is 67.1 Å². The summed E-state index contributed by atoms with van der Waals surface area (Å²) in [4.78, 5) is 34.3. The largest absolute Gasteiger partial charge is 0.435 e. The van der Waals surface area contributed by atoms with E-state index < -0.39 is 12.7 Å². The first-order valence-corrected chi connectivity index (χ1v) is 14.5. The Morgan fingerprint density at radius 3 is 2.54 bits per heavy atom. The number of thiophene rings is 1. The van der Waals surface area contributed by atoms with Gasteiger partial charge in [0.15, 0.2) is 0 Å². The van der Waals surface area contributed by atoms with Gasteiger partial charge in [-0.05, 0) is 66.9 Å². The van der Waals surface area contributed by atoms with Crippen LogP contribution in [0.3, 0.4) is 0 Å². The standard InChI is InChI=1S/C28H29BrF2N4O3S/c29-20-4-1-3-19(17-20)25-11-10-23(39-25)18-33-13-15-34(16-14-33)28(37)32-24-5-2-12-35(26(24)36)21-6-8-22(9-7-21)38-27(30)31/h1,3-4,6-11,17,24,27H,2,5,12-16,18H2,(H,32,37). The molecule has 5 rings (SSSR count). The Labute approximate surface area is 238 Å². The Hall–Kier alpha value is -3.02. The third-order valence-corrected chi connectivity index (χ3v) is 8.53. The Kier molecular flexibility index (Phi) is 8.79. The normalized spacial score (nSPS) is 18.5. The van der Waals surface area contributed by atoms with E-state index in [4.69, 9.17) is 0 Å². The zero-order valence-electron chi connectivity index (χ0n) is 21.2. The molecule has 3 aromatic rings. The third kappa shape index (κ3) is 6.95. The van der Waals surface area contributed by atoms with Crippen LogP contribution < -0.4 is 15.0 Å². The topological polar surface area (TPSA) is 65.1 Å². The number of piperidine rings is 1. The van der Waals surface area contributed by atoms with Gasteiger partial charge in [-0.15, -0.1) is 11.3 Å². The highest BCUT2D eigenvalue weighted by atomic mass is 79.9. The van der Waals surface area contributed by atoms with Crippen LogP contribution in [-0.2, 0) is 11.3 Å². The molecule has 2 aromatic carbocycles. The van der Waals surface area contributed by atoms with Crippen molar-refractivity contribution in [3.05, 3.63) is 70.0 Å². The van der Waals surface area contributed by atoms with E-state index in [0.29, 0.717) is 31.7 Å². The molecule has 206 valence electrons. The summed E-state index contributed by atoms with van der Waals surface area (Å²) in [6.45, 7) is 1.14. The van der Waals surface area contributed by atoms with E-state index >= 15 is 0 Å². The van der Waals surface area contributed by atoms with Crippen molar-refractivity contribution >= 4 is 44.9 Å². The van der Waals surface area contributed by atoms with Crippen molar-refractivity contribution in [2.45, 2.75) is 32.0 Å². The van der Waals surface area contributed by atoms with Crippen molar-refractivity contribution in [2.24, 2.45) is 0 Å². The molecule has 1 aromatic heterocycles. The van der Waals surface area contributed by atoms with E-state index in [9.17, 15) is 18.4 Å². The lowest BCUT2D eigenvalue weighted by molar-refractivity contribution is -0.121. The number of benzene rings is 2. The van der Waals surface area contributed by atoms with Crippen LogP contribution >= 0.6 is 27.3 Å². The summed E-state index contributed by atoms with van der Waals surface area (Å²) >= 11 is 5.32. The van der Waals surface area contributed by atoms with Crippen LogP contribution in [0.2, 0.25) is 0 Å². The molecule has 1 atom stereocenters. The monoisotopic (exact) mass is 618 g/mol. The summed E-state index contributed by atoms with van der Waals surface area (Å²) in [5.41, 5.74) is 1.78. The van der Waals surface area contributed by atoms with E-state index in [1.54, 1.807) is 33.3 Å². The molecular formula is C28H29BrF2N4O3S. The average molecular weight is 620 g/mol. The Bertz CT molecular complexity index is 1300. The molecule has 2 aliphatic rings. The fraction of sp³-hybridized carbons (Fsp3) is 0.357. The quantitative estimate of drug-likeness (QED) is 0.363. The van der Waals surface area contributed by atoms with Gasteiger partial charge in [-0.25, -0.2) is 4.79 Å². The number of ether oxygens (including phenoxy) is 1. The number of urea groups is 1. The van der Waals surface area contributed by atoms with Gasteiger partial charge >= 0.3 is 12.6 Å². The van der Waals surface area contributed by atoms with Crippen LogP contribution in [0.25, 0.3) is 10.4 Å². The summed E-state index contributed by atoms with van der Waals surface area (Å²) in [5, 5.41) is 2.92. The van der Waals surface area contributed by atoms with Gasteiger partial charge in [0, 0.05) is 59.2 Å². The first-order chi connectivity index (χ1) is 18.9. The maximum absolute atomic E-state index is 13.1. The smallest absolute Gasteiger partial charge is 0.387 e. The van der Waals surface area contributed by atoms with Crippen LogP contribution in [0, 0.1) is 0 Å². The van der Waals surface area contributed by atoms with Crippen molar-refractivity contribution in [1.29, 1.82) is 0 Å². The number of rotatable bonds is 7. The van der Waals surface area contributed by atoms with Crippen LogP contribution in [0.5, 0.6) is 5.75 Å². The predicted octanol–water partition coefficient (Wildman–Crippen LogP) is 5.80. The Morgan fingerprint density at radius 1 is 1.05 bits per heavy atom. The minimum Gasteiger partial charge on any atom is -0.435 e. The van der Waals surface area contributed by atoms with Crippen molar-refractivity contribution in [1.82, 2.24) is 15.1 Å². The van der Waals surface area contributed by atoms with Gasteiger partial charge in [-0.2, -0.15) is 8.78 Å². The number of carbonyl (C=O) groups excluding carboxylic acids is 2. The summed E-state index contributed by atoms with van der Waals surface area (Å²) in [7, 11) is 0. The highest BCUT2D eigenvalue weighted by molar-refractivity contribution is 9.10. The number of nitrogens with zero attached hydrogens (tertiary/aromatic N) is 3.